The summed E-state index contributed by atoms with van der Waals surface area (Å²) in [5, 5.41) is 2.91. The van der Waals surface area contributed by atoms with Crippen LogP contribution in [0.4, 0.5) is 5.69 Å². The standard InChI is InChI=1S/C13H19BrN2O/c1-3-4-10(8-15)13(17)16-12-6-9(2)5-11(14)7-12/h5-7,10H,3-4,8,15H2,1-2H3,(H,16,17). The van der Waals surface area contributed by atoms with Crippen LogP contribution in [-0.4, -0.2) is 12.5 Å². The minimum absolute atomic E-state index is 0.00634. The highest BCUT2D eigenvalue weighted by Crippen LogP contribution is 2.20. The van der Waals surface area contributed by atoms with E-state index in [2.05, 4.69) is 28.2 Å². The molecule has 3 N–H and O–H groups in total. The van der Waals surface area contributed by atoms with Crippen LogP contribution < -0.4 is 11.1 Å². The van der Waals surface area contributed by atoms with Crippen molar-refractivity contribution in [2.24, 2.45) is 11.7 Å². The number of nitrogens with two attached hydrogens (primary N) is 1. The Kier molecular flexibility index (Phi) is 5.65. The molecule has 0 aliphatic carbocycles. The van der Waals surface area contributed by atoms with Crippen molar-refractivity contribution in [2.75, 3.05) is 11.9 Å². The van der Waals surface area contributed by atoms with Crippen molar-refractivity contribution in [3.63, 3.8) is 0 Å². The Labute approximate surface area is 111 Å². The Morgan fingerprint density at radius 1 is 1.47 bits per heavy atom. The number of hydrogen-bond acceptors (Lipinski definition) is 2. The molecule has 17 heavy (non-hydrogen) atoms. The van der Waals surface area contributed by atoms with E-state index in [0.29, 0.717) is 6.54 Å². The fraction of sp³-hybridized carbons (Fsp3) is 0.462. The van der Waals surface area contributed by atoms with Crippen molar-refractivity contribution in [2.45, 2.75) is 26.7 Å². The highest BCUT2D eigenvalue weighted by molar-refractivity contribution is 9.10. The number of anilines is 1. The van der Waals surface area contributed by atoms with Gasteiger partial charge in [0.2, 0.25) is 5.91 Å². The number of rotatable bonds is 5. The molecule has 0 aliphatic heterocycles. The summed E-state index contributed by atoms with van der Waals surface area (Å²) in [4.78, 5) is 11.9. The van der Waals surface area contributed by atoms with Crippen molar-refractivity contribution in [3.05, 3.63) is 28.2 Å². The summed E-state index contributed by atoms with van der Waals surface area (Å²) < 4.78 is 0.965. The third-order valence-corrected chi connectivity index (χ3v) is 3.06. The molecular formula is C13H19BrN2O. The number of aryl methyl sites for hydroxylation is 1. The van der Waals surface area contributed by atoms with Gasteiger partial charge in [-0.05, 0) is 37.1 Å². The van der Waals surface area contributed by atoms with Crippen LogP contribution in [0.2, 0.25) is 0 Å². The smallest absolute Gasteiger partial charge is 0.228 e. The Hall–Kier alpha value is -0.870. The SMILES string of the molecule is CCCC(CN)C(=O)Nc1cc(C)cc(Br)c1. The van der Waals surface area contributed by atoms with Gasteiger partial charge in [0.1, 0.15) is 0 Å². The van der Waals surface area contributed by atoms with Crippen LogP contribution in [0.3, 0.4) is 0 Å². The van der Waals surface area contributed by atoms with E-state index in [4.69, 9.17) is 5.73 Å². The van der Waals surface area contributed by atoms with Crippen molar-refractivity contribution < 1.29 is 4.79 Å². The number of benzene rings is 1. The van der Waals surface area contributed by atoms with E-state index < -0.39 is 0 Å². The van der Waals surface area contributed by atoms with Crippen LogP contribution >= 0.6 is 15.9 Å². The molecule has 0 aliphatic rings. The van der Waals surface area contributed by atoms with Gasteiger partial charge in [0.05, 0.1) is 5.92 Å². The van der Waals surface area contributed by atoms with Gasteiger partial charge in [-0.25, -0.2) is 0 Å². The van der Waals surface area contributed by atoms with Gasteiger partial charge >= 0.3 is 0 Å². The average Bonchev–Trinajstić information content (AvgIpc) is 2.24. The van der Waals surface area contributed by atoms with Crippen LogP contribution in [0.15, 0.2) is 22.7 Å². The molecule has 0 fully saturated rings. The maximum atomic E-state index is 11.9. The second-order valence-corrected chi connectivity index (χ2v) is 5.14. The molecule has 0 aromatic heterocycles. The Bertz CT molecular complexity index is 373. The highest BCUT2D eigenvalue weighted by Gasteiger charge is 2.15. The molecule has 0 saturated heterocycles. The number of carbonyl (C=O) groups excluding carboxylic acids is 1. The molecule has 1 aromatic rings. The van der Waals surface area contributed by atoms with E-state index in [1.807, 2.05) is 25.1 Å². The van der Waals surface area contributed by atoms with Crippen molar-refractivity contribution in [1.29, 1.82) is 0 Å². The molecule has 1 unspecified atom stereocenters. The summed E-state index contributed by atoms with van der Waals surface area (Å²) in [7, 11) is 0. The summed E-state index contributed by atoms with van der Waals surface area (Å²) in [6, 6.07) is 5.84. The number of nitrogens with one attached hydrogen (secondary N) is 1. The molecule has 0 radical (unpaired) electrons. The largest absolute Gasteiger partial charge is 0.330 e. The Morgan fingerprint density at radius 3 is 2.71 bits per heavy atom. The third kappa shape index (κ3) is 4.48. The highest BCUT2D eigenvalue weighted by atomic mass is 79.9. The summed E-state index contributed by atoms with van der Waals surface area (Å²) in [6.45, 7) is 4.44. The molecule has 1 rings (SSSR count). The van der Waals surface area contributed by atoms with Gasteiger partial charge in [0, 0.05) is 16.7 Å². The minimum Gasteiger partial charge on any atom is -0.330 e. The van der Waals surface area contributed by atoms with Gasteiger partial charge in [-0.2, -0.15) is 0 Å². The lowest BCUT2D eigenvalue weighted by Crippen LogP contribution is -2.29. The van der Waals surface area contributed by atoms with E-state index in [-0.39, 0.29) is 11.8 Å². The van der Waals surface area contributed by atoms with Crippen LogP contribution in [0.5, 0.6) is 0 Å². The second kappa shape index (κ2) is 6.77. The topological polar surface area (TPSA) is 55.1 Å². The van der Waals surface area contributed by atoms with Crippen molar-refractivity contribution in [1.82, 2.24) is 0 Å². The van der Waals surface area contributed by atoms with E-state index >= 15 is 0 Å². The van der Waals surface area contributed by atoms with E-state index in [1.54, 1.807) is 0 Å². The molecule has 4 heteroatoms. The maximum absolute atomic E-state index is 11.9. The number of amides is 1. The molecule has 3 nitrogen and oxygen atoms in total. The molecule has 1 aromatic carbocycles. The first-order chi connectivity index (χ1) is 8.06. The summed E-state index contributed by atoms with van der Waals surface area (Å²) in [6.07, 6.45) is 1.79. The molecule has 0 bridgehead atoms. The summed E-state index contributed by atoms with van der Waals surface area (Å²) in [5.74, 6) is -0.0915. The normalized spacial score (nSPS) is 12.2. The van der Waals surface area contributed by atoms with E-state index in [1.165, 1.54) is 0 Å². The summed E-state index contributed by atoms with van der Waals surface area (Å²) in [5.41, 5.74) is 7.53. The number of carbonyl (C=O) groups is 1. The molecule has 0 saturated carbocycles. The third-order valence-electron chi connectivity index (χ3n) is 2.60. The van der Waals surface area contributed by atoms with Gasteiger partial charge in [-0.1, -0.05) is 29.3 Å². The van der Waals surface area contributed by atoms with Crippen LogP contribution in [0, 0.1) is 12.8 Å². The van der Waals surface area contributed by atoms with E-state index in [9.17, 15) is 4.79 Å². The zero-order valence-corrected chi connectivity index (χ0v) is 11.9. The fourth-order valence-electron chi connectivity index (χ4n) is 1.76. The fourth-order valence-corrected chi connectivity index (χ4v) is 2.36. The average molecular weight is 299 g/mol. The van der Waals surface area contributed by atoms with Gasteiger partial charge in [0.25, 0.3) is 0 Å². The molecule has 94 valence electrons. The quantitative estimate of drug-likeness (QED) is 0.878. The lowest BCUT2D eigenvalue weighted by molar-refractivity contribution is -0.119. The monoisotopic (exact) mass is 298 g/mol. The zero-order valence-electron chi connectivity index (χ0n) is 10.3. The first-order valence-corrected chi connectivity index (χ1v) is 6.64. The Balaban J connectivity index is 2.72. The molecule has 0 heterocycles. The first-order valence-electron chi connectivity index (χ1n) is 5.85. The van der Waals surface area contributed by atoms with Gasteiger partial charge in [-0.3, -0.25) is 4.79 Å². The Morgan fingerprint density at radius 2 is 2.18 bits per heavy atom. The second-order valence-electron chi connectivity index (χ2n) is 4.23. The van der Waals surface area contributed by atoms with Gasteiger partial charge < -0.3 is 11.1 Å². The summed E-state index contributed by atoms with van der Waals surface area (Å²) >= 11 is 3.41. The number of halogens is 1. The van der Waals surface area contributed by atoms with Crippen LogP contribution in [-0.2, 0) is 4.79 Å². The lowest BCUT2D eigenvalue weighted by Gasteiger charge is -2.14. The van der Waals surface area contributed by atoms with Crippen molar-refractivity contribution >= 4 is 27.5 Å². The van der Waals surface area contributed by atoms with Crippen LogP contribution in [0.1, 0.15) is 25.3 Å². The van der Waals surface area contributed by atoms with Crippen LogP contribution in [0.25, 0.3) is 0 Å². The molecular weight excluding hydrogens is 280 g/mol. The predicted molar refractivity (Wildman–Crippen MR) is 75.0 cm³/mol. The molecule has 0 spiro atoms. The van der Waals surface area contributed by atoms with Crippen molar-refractivity contribution in [3.8, 4) is 0 Å². The molecule has 1 amide bonds. The number of hydrogen-bond donors (Lipinski definition) is 2. The molecule has 1 atom stereocenters. The van der Waals surface area contributed by atoms with E-state index in [0.717, 1.165) is 28.6 Å². The predicted octanol–water partition coefficient (Wildman–Crippen LogP) is 3.07. The zero-order chi connectivity index (χ0) is 12.8. The first kappa shape index (κ1) is 14.2. The lowest BCUT2D eigenvalue weighted by atomic mass is 10.0. The van der Waals surface area contributed by atoms with Gasteiger partial charge in [-0.15, -0.1) is 0 Å². The maximum Gasteiger partial charge on any atom is 0.228 e. The minimum atomic E-state index is -0.0979. The van der Waals surface area contributed by atoms with Gasteiger partial charge in [0.15, 0.2) is 0 Å².